The maximum atomic E-state index is 5.77. The van der Waals surface area contributed by atoms with E-state index in [2.05, 4.69) is 55.6 Å². The Morgan fingerprint density at radius 1 is 1.30 bits per heavy atom. The lowest BCUT2D eigenvalue weighted by molar-refractivity contribution is 0.527. The van der Waals surface area contributed by atoms with E-state index in [0.717, 1.165) is 18.5 Å². The van der Waals surface area contributed by atoms with Crippen LogP contribution in [-0.4, -0.2) is 9.78 Å². The summed E-state index contributed by atoms with van der Waals surface area (Å²) in [5, 5.41) is 4.49. The molecule has 1 aromatic carbocycles. The van der Waals surface area contributed by atoms with Gasteiger partial charge in [0.25, 0.3) is 0 Å². The summed E-state index contributed by atoms with van der Waals surface area (Å²) in [5.74, 6) is 5.77. The number of hydrogen-bond donors (Lipinski definition) is 2. The Morgan fingerprint density at radius 3 is 2.60 bits per heavy atom. The molecule has 0 amide bonds. The maximum Gasteiger partial charge on any atom is 0.0624 e. The summed E-state index contributed by atoms with van der Waals surface area (Å²) in [7, 11) is 1.99. The van der Waals surface area contributed by atoms with Gasteiger partial charge in [0.1, 0.15) is 0 Å². The van der Waals surface area contributed by atoms with E-state index in [4.69, 9.17) is 5.84 Å². The van der Waals surface area contributed by atoms with Crippen molar-refractivity contribution in [1.29, 1.82) is 0 Å². The van der Waals surface area contributed by atoms with Gasteiger partial charge in [-0.2, -0.15) is 5.10 Å². The fourth-order valence-corrected chi connectivity index (χ4v) is 2.62. The van der Waals surface area contributed by atoms with E-state index in [-0.39, 0.29) is 6.04 Å². The largest absolute Gasteiger partial charge is 0.272 e. The average molecular weight is 272 g/mol. The van der Waals surface area contributed by atoms with E-state index >= 15 is 0 Å². The zero-order valence-corrected chi connectivity index (χ0v) is 12.8. The quantitative estimate of drug-likeness (QED) is 0.649. The van der Waals surface area contributed by atoms with Crippen LogP contribution in [0.25, 0.3) is 0 Å². The molecule has 0 aliphatic heterocycles. The lowest BCUT2D eigenvalue weighted by Crippen LogP contribution is -2.30. The van der Waals surface area contributed by atoms with Crippen molar-refractivity contribution in [2.75, 3.05) is 0 Å². The lowest BCUT2D eigenvalue weighted by Gasteiger charge is -2.19. The third-order valence-corrected chi connectivity index (χ3v) is 3.80. The van der Waals surface area contributed by atoms with E-state index in [0.29, 0.717) is 0 Å². The van der Waals surface area contributed by atoms with Gasteiger partial charge in [0, 0.05) is 19.2 Å². The minimum Gasteiger partial charge on any atom is -0.272 e. The standard InChI is InChI=1S/C16H24N4/c1-5-13-9-14(20(4)19-13)10-16(18-17)15-7-6-11(2)8-12(15)3/h6-9,16,18H,5,10,17H2,1-4H3. The lowest BCUT2D eigenvalue weighted by atomic mass is 9.96. The summed E-state index contributed by atoms with van der Waals surface area (Å²) in [6.45, 7) is 6.36. The molecule has 108 valence electrons. The van der Waals surface area contributed by atoms with Crippen molar-refractivity contribution in [2.24, 2.45) is 12.9 Å². The van der Waals surface area contributed by atoms with Gasteiger partial charge in [0.15, 0.2) is 0 Å². The molecule has 4 heteroatoms. The summed E-state index contributed by atoms with van der Waals surface area (Å²) < 4.78 is 1.95. The molecule has 0 aliphatic rings. The molecule has 1 aromatic heterocycles. The maximum absolute atomic E-state index is 5.77. The van der Waals surface area contributed by atoms with E-state index in [1.807, 2.05) is 11.7 Å². The smallest absolute Gasteiger partial charge is 0.0624 e. The highest BCUT2D eigenvalue weighted by atomic mass is 15.3. The van der Waals surface area contributed by atoms with E-state index < -0.39 is 0 Å². The van der Waals surface area contributed by atoms with Crippen LogP contribution in [0.1, 0.15) is 41.0 Å². The van der Waals surface area contributed by atoms with Crippen LogP contribution in [0.15, 0.2) is 24.3 Å². The molecule has 3 N–H and O–H groups in total. The van der Waals surface area contributed by atoms with Gasteiger partial charge in [-0.25, -0.2) is 0 Å². The first-order valence-corrected chi connectivity index (χ1v) is 7.10. The second kappa shape index (κ2) is 6.20. The molecule has 0 saturated heterocycles. The molecule has 1 unspecified atom stereocenters. The van der Waals surface area contributed by atoms with Gasteiger partial charge < -0.3 is 0 Å². The van der Waals surface area contributed by atoms with Crippen LogP contribution < -0.4 is 11.3 Å². The minimum atomic E-state index is 0.107. The normalized spacial score (nSPS) is 12.7. The number of hydrogen-bond acceptors (Lipinski definition) is 3. The molecule has 2 rings (SSSR count). The Labute approximate surface area is 121 Å². The number of aromatic nitrogens is 2. The Balaban J connectivity index is 2.26. The zero-order valence-electron chi connectivity index (χ0n) is 12.8. The molecule has 0 aliphatic carbocycles. The number of aryl methyl sites for hydroxylation is 4. The first kappa shape index (κ1) is 14.8. The molecule has 2 aromatic rings. The van der Waals surface area contributed by atoms with Crippen molar-refractivity contribution in [3.63, 3.8) is 0 Å². The predicted octanol–water partition coefficient (Wildman–Crippen LogP) is 2.35. The van der Waals surface area contributed by atoms with Crippen LogP contribution in [0.2, 0.25) is 0 Å². The molecule has 4 nitrogen and oxygen atoms in total. The Hall–Kier alpha value is -1.65. The number of hydrazine groups is 1. The Kier molecular flexibility index (Phi) is 4.57. The van der Waals surface area contributed by atoms with Crippen molar-refractivity contribution < 1.29 is 0 Å². The number of rotatable bonds is 5. The van der Waals surface area contributed by atoms with Crippen molar-refractivity contribution in [1.82, 2.24) is 15.2 Å². The van der Waals surface area contributed by atoms with Gasteiger partial charge in [-0.3, -0.25) is 16.0 Å². The van der Waals surface area contributed by atoms with Gasteiger partial charge >= 0.3 is 0 Å². The van der Waals surface area contributed by atoms with Gasteiger partial charge in [-0.15, -0.1) is 0 Å². The number of nitrogens with zero attached hydrogens (tertiary/aromatic N) is 2. The summed E-state index contributed by atoms with van der Waals surface area (Å²) in [6, 6.07) is 8.75. The molecular weight excluding hydrogens is 248 g/mol. The number of nitrogens with one attached hydrogen (secondary N) is 1. The second-order valence-electron chi connectivity index (χ2n) is 5.39. The highest BCUT2D eigenvalue weighted by Crippen LogP contribution is 2.22. The summed E-state index contributed by atoms with van der Waals surface area (Å²) in [5.41, 5.74) is 9.05. The molecule has 20 heavy (non-hydrogen) atoms. The summed E-state index contributed by atoms with van der Waals surface area (Å²) in [6.07, 6.45) is 1.79. The first-order valence-electron chi connectivity index (χ1n) is 7.10. The summed E-state index contributed by atoms with van der Waals surface area (Å²) >= 11 is 0. The van der Waals surface area contributed by atoms with Crippen molar-refractivity contribution in [3.05, 3.63) is 52.3 Å². The zero-order chi connectivity index (χ0) is 14.7. The fourth-order valence-electron chi connectivity index (χ4n) is 2.62. The predicted molar refractivity (Wildman–Crippen MR) is 82.3 cm³/mol. The van der Waals surface area contributed by atoms with E-state index in [1.165, 1.54) is 22.4 Å². The monoisotopic (exact) mass is 272 g/mol. The molecule has 0 spiro atoms. The average Bonchev–Trinajstić information content (AvgIpc) is 2.77. The van der Waals surface area contributed by atoms with Crippen LogP contribution in [-0.2, 0) is 19.9 Å². The van der Waals surface area contributed by atoms with E-state index in [9.17, 15) is 0 Å². The highest BCUT2D eigenvalue weighted by Gasteiger charge is 2.15. The first-order chi connectivity index (χ1) is 9.55. The molecular formula is C16H24N4. The van der Waals surface area contributed by atoms with Crippen LogP contribution in [0.3, 0.4) is 0 Å². The third kappa shape index (κ3) is 3.08. The van der Waals surface area contributed by atoms with Crippen molar-refractivity contribution in [2.45, 2.75) is 39.7 Å². The van der Waals surface area contributed by atoms with Crippen LogP contribution in [0, 0.1) is 13.8 Å². The molecule has 0 radical (unpaired) electrons. The highest BCUT2D eigenvalue weighted by molar-refractivity contribution is 5.33. The SMILES string of the molecule is CCc1cc(CC(NN)c2ccc(C)cc2C)n(C)n1. The molecule has 0 fully saturated rings. The second-order valence-corrected chi connectivity index (χ2v) is 5.39. The number of benzene rings is 1. The molecule has 1 atom stereocenters. The molecule has 0 saturated carbocycles. The van der Waals surface area contributed by atoms with Crippen molar-refractivity contribution in [3.8, 4) is 0 Å². The van der Waals surface area contributed by atoms with Crippen LogP contribution >= 0.6 is 0 Å². The minimum absolute atomic E-state index is 0.107. The molecule has 1 heterocycles. The number of nitrogens with two attached hydrogens (primary N) is 1. The Morgan fingerprint density at radius 2 is 2.05 bits per heavy atom. The Bertz CT molecular complexity index is 586. The topological polar surface area (TPSA) is 55.9 Å². The van der Waals surface area contributed by atoms with Gasteiger partial charge in [-0.1, -0.05) is 30.7 Å². The van der Waals surface area contributed by atoms with Crippen molar-refractivity contribution >= 4 is 0 Å². The summed E-state index contributed by atoms with van der Waals surface area (Å²) in [4.78, 5) is 0. The van der Waals surface area contributed by atoms with Gasteiger partial charge in [0.2, 0.25) is 0 Å². The van der Waals surface area contributed by atoms with E-state index in [1.54, 1.807) is 0 Å². The van der Waals surface area contributed by atoms with Crippen LogP contribution in [0.4, 0.5) is 0 Å². The van der Waals surface area contributed by atoms with Crippen LogP contribution in [0.5, 0.6) is 0 Å². The molecule has 0 bridgehead atoms. The fraction of sp³-hybridized carbons (Fsp3) is 0.438. The van der Waals surface area contributed by atoms with Gasteiger partial charge in [0.05, 0.1) is 11.7 Å². The third-order valence-electron chi connectivity index (χ3n) is 3.80. The van der Waals surface area contributed by atoms with Gasteiger partial charge in [-0.05, 0) is 37.5 Å².